The van der Waals surface area contributed by atoms with Crippen LogP contribution in [0.5, 0.6) is 11.9 Å². The fourth-order valence-corrected chi connectivity index (χ4v) is 7.90. The number of alkyl halides is 3. The summed E-state index contributed by atoms with van der Waals surface area (Å²) in [5.41, 5.74) is 5.36. The summed E-state index contributed by atoms with van der Waals surface area (Å²) in [4.78, 5) is 17.1. The van der Waals surface area contributed by atoms with Crippen LogP contribution < -0.4 is 20.1 Å². The number of nitrogens with zero attached hydrogens (tertiary/aromatic N) is 5. The molecule has 244 valence electrons. The number of halogens is 5. The predicted octanol–water partition coefficient (Wildman–Crippen LogP) is 6.03. The molecule has 8 nitrogen and oxygen atoms in total. The Labute approximate surface area is 267 Å². The summed E-state index contributed by atoms with van der Waals surface area (Å²) >= 11 is 0. The summed E-state index contributed by atoms with van der Waals surface area (Å²) in [6.45, 7) is 0.397. The van der Waals surface area contributed by atoms with Gasteiger partial charge in [0, 0.05) is 36.0 Å². The number of fused-ring (bicyclic) bond motifs is 4. The van der Waals surface area contributed by atoms with E-state index < -0.39 is 41.9 Å². The molecule has 0 saturated carbocycles. The molecule has 2 aromatic heterocycles. The largest absolute Gasteiger partial charge is 0.475 e. The molecule has 8 rings (SSSR count). The molecule has 3 saturated heterocycles. The zero-order valence-electron chi connectivity index (χ0n) is 25.3. The molecule has 2 aromatic carbocycles. The van der Waals surface area contributed by atoms with Gasteiger partial charge in [-0.25, -0.2) is 26.9 Å². The molecule has 0 spiro atoms. The molecule has 0 radical (unpaired) electrons. The number of rotatable bonds is 4. The molecule has 0 unspecified atom stereocenters. The van der Waals surface area contributed by atoms with E-state index >= 15 is 13.2 Å². The summed E-state index contributed by atoms with van der Waals surface area (Å²) in [5, 5.41) is 0.698. The Kier molecular flexibility index (Phi) is 6.88. The molecule has 3 atom stereocenters. The van der Waals surface area contributed by atoms with Crippen molar-refractivity contribution in [2.75, 3.05) is 43.5 Å². The smallest absolute Gasteiger partial charge is 0.319 e. The number of nitrogens with two attached hydrogens (primary N) is 1. The first-order valence-electron chi connectivity index (χ1n) is 15.7. The van der Waals surface area contributed by atoms with Crippen molar-refractivity contribution in [2.24, 2.45) is 0 Å². The van der Waals surface area contributed by atoms with Crippen LogP contribution in [0.1, 0.15) is 44.1 Å². The van der Waals surface area contributed by atoms with Gasteiger partial charge in [-0.1, -0.05) is 12.0 Å². The molecule has 4 aliphatic heterocycles. The van der Waals surface area contributed by atoms with E-state index in [1.165, 1.54) is 23.1 Å². The number of terminal acetylenes is 1. The highest BCUT2D eigenvalue weighted by molar-refractivity contribution is 6.04. The molecule has 3 fully saturated rings. The van der Waals surface area contributed by atoms with E-state index in [0.29, 0.717) is 24.8 Å². The van der Waals surface area contributed by atoms with Crippen molar-refractivity contribution >= 4 is 33.2 Å². The number of hydrogen-bond donors (Lipinski definition) is 1. The minimum absolute atomic E-state index is 0.0145. The van der Waals surface area contributed by atoms with Gasteiger partial charge in [0.15, 0.2) is 5.82 Å². The van der Waals surface area contributed by atoms with Gasteiger partial charge in [0.05, 0.1) is 23.7 Å². The highest BCUT2D eigenvalue weighted by Gasteiger charge is 2.49. The van der Waals surface area contributed by atoms with Crippen LogP contribution in [0.2, 0.25) is 0 Å². The first-order chi connectivity index (χ1) is 22.6. The molecular formula is C34H31F5N6O2. The second kappa shape index (κ2) is 10.8. The molecule has 13 heteroatoms. The quantitative estimate of drug-likeness (QED) is 0.163. The minimum Gasteiger partial charge on any atom is -0.475 e. The van der Waals surface area contributed by atoms with E-state index in [-0.39, 0.29) is 89.0 Å². The molecule has 4 aliphatic rings. The lowest BCUT2D eigenvalue weighted by Gasteiger charge is -2.32. The lowest BCUT2D eigenvalue weighted by molar-refractivity contribution is 0.00292. The Morgan fingerprint density at radius 2 is 1.96 bits per heavy atom. The van der Waals surface area contributed by atoms with Crippen molar-refractivity contribution in [3.05, 3.63) is 41.5 Å². The number of nitrogen functional groups attached to an aromatic ring is 1. The molecule has 0 amide bonds. The van der Waals surface area contributed by atoms with E-state index in [0.717, 1.165) is 13.0 Å². The monoisotopic (exact) mass is 650 g/mol. The van der Waals surface area contributed by atoms with Crippen LogP contribution in [0.3, 0.4) is 0 Å². The fraction of sp³-hybridized carbons (Fsp3) is 0.441. The molecule has 0 bridgehead atoms. The average molecular weight is 651 g/mol. The number of benzene rings is 2. The van der Waals surface area contributed by atoms with Gasteiger partial charge in [-0.3, -0.25) is 4.90 Å². The van der Waals surface area contributed by atoms with E-state index in [1.54, 1.807) is 6.07 Å². The standard InChI is InChI=1S/C34H31F5N6O2/c1-2-22-24(36)7-6-18-11-20(40)12-23(25(18)22)28-27(37)29-26-30(45-16-34(38,39)9-3-5-21(45)15-46-31(26)41-28)43-32(42-29)47-17-33-8-4-10-44(33)14-19(35)13-33/h1,6-7,11-12,19,21H,3-5,8-10,13-17,40H2/t19-,21+,33+/m1/s1. The Morgan fingerprint density at radius 3 is 2.79 bits per heavy atom. The topological polar surface area (TPSA) is 89.6 Å². The Morgan fingerprint density at radius 1 is 1.11 bits per heavy atom. The Hall–Kier alpha value is -4.44. The van der Waals surface area contributed by atoms with Gasteiger partial charge in [-0.05, 0) is 55.8 Å². The number of hydrogen-bond acceptors (Lipinski definition) is 8. The van der Waals surface area contributed by atoms with Crippen LogP contribution in [0.4, 0.5) is 33.5 Å². The van der Waals surface area contributed by atoms with E-state index in [1.807, 2.05) is 0 Å². The normalized spacial score (nSPS) is 25.1. The van der Waals surface area contributed by atoms with Crippen LogP contribution >= 0.6 is 0 Å². The number of anilines is 2. The van der Waals surface area contributed by atoms with Gasteiger partial charge in [0.2, 0.25) is 5.88 Å². The summed E-state index contributed by atoms with van der Waals surface area (Å²) < 4.78 is 88.8. The van der Waals surface area contributed by atoms with Gasteiger partial charge < -0.3 is 20.1 Å². The lowest BCUT2D eigenvalue weighted by Crippen LogP contribution is -2.44. The van der Waals surface area contributed by atoms with Gasteiger partial charge in [0.1, 0.15) is 47.6 Å². The summed E-state index contributed by atoms with van der Waals surface area (Å²) in [6.07, 6.45) is 6.88. The lowest BCUT2D eigenvalue weighted by atomic mass is 9.95. The molecule has 0 aliphatic carbocycles. The van der Waals surface area contributed by atoms with Crippen molar-refractivity contribution < 1.29 is 31.4 Å². The third-order valence-corrected chi connectivity index (χ3v) is 10.0. The van der Waals surface area contributed by atoms with E-state index in [4.69, 9.17) is 21.6 Å². The molecule has 47 heavy (non-hydrogen) atoms. The highest BCUT2D eigenvalue weighted by Crippen LogP contribution is 2.45. The molecule has 2 N–H and O–H groups in total. The maximum Gasteiger partial charge on any atom is 0.319 e. The number of ether oxygens (including phenoxy) is 2. The molecule has 4 aromatic rings. The van der Waals surface area contributed by atoms with Crippen molar-refractivity contribution in [1.82, 2.24) is 19.9 Å². The second-order valence-electron chi connectivity index (χ2n) is 13.1. The maximum atomic E-state index is 17.0. The Balaban J connectivity index is 1.34. The van der Waals surface area contributed by atoms with Gasteiger partial charge >= 0.3 is 6.01 Å². The first-order valence-corrected chi connectivity index (χ1v) is 15.7. The van der Waals surface area contributed by atoms with Crippen LogP contribution in [0.15, 0.2) is 24.3 Å². The third-order valence-electron chi connectivity index (χ3n) is 10.0. The van der Waals surface area contributed by atoms with Crippen LogP contribution in [-0.4, -0.2) is 76.4 Å². The fourth-order valence-electron chi connectivity index (χ4n) is 7.90. The average Bonchev–Trinajstić information content (AvgIpc) is 3.45. The summed E-state index contributed by atoms with van der Waals surface area (Å²) in [6, 6.07) is 4.97. The van der Waals surface area contributed by atoms with Crippen LogP contribution in [0.25, 0.3) is 32.9 Å². The van der Waals surface area contributed by atoms with Crippen molar-refractivity contribution in [3.63, 3.8) is 0 Å². The number of aromatic nitrogens is 3. The highest BCUT2D eigenvalue weighted by atomic mass is 19.3. The van der Waals surface area contributed by atoms with Crippen LogP contribution in [0, 0.1) is 24.0 Å². The van der Waals surface area contributed by atoms with Crippen molar-refractivity contribution in [3.8, 4) is 35.5 Å². The van der Waals surface area contributed by atoms with Crippen molar-refractivity contribution in [2.45, 2.75) is 62.2 Å². The zero-order valence-corrected chi connectivity index (χ0v) is 25.3. The van der Waals surface area contributed by atoms with E-state index in [2.05, 4.69) is 25.8 Å². The van der Waals surface area contributed by atoms with Gasteiger partial charge in [-0.15, -0.1) is 6.42 Å². The predicted molar refractivity (Wildman–Crippen MR) is 167 cm³/mol. The summed E-state index contributed by atoms with van der Waals surface area (Å²) in [7, 11) is 0. The zero-order chi connectivity index (χ0) is 32.7. The summed E-state index contributed by atoms with van der Waals surface area (Å²) in [5.74, 6) is -2.36. The molecular weight excluding hydrogens is 619 g/mol. The SMILES string of the molecule is C#Cc1c(F)ccc2cc(N)cc(-c3nc4c5c(nc(OC[C@@]67CCCN6C[C@H](F)C7)nc5c3F)N3CC(F)(F)CCC[C@H]3CO4)c12. The number of pyridine rings is 1. The van der Waals surface area contributed by atoms with Crippen LogP contribution in [-0.2, 0) is 0 Å². The second-order valence-corrected chi connectivity index (χ2v) is 13.1. The minimum atomic E-state index is -3.04. The maximum absolute atomic E-state index is 17.0. The van der Waals surface area contributed by atoms with Crippen molar-refractivity contribution in [1.29, 1.82) is 0 Å². The first kappa shape index (κ1) is 29.9. The van der Waals surface area contributed by atoms with Gasteiger partial charge in [-0.2, -0.15) is 9.97 Å². The molecule has 6 heterocycles. The third kappa shape index (κ3) is 4.87. The van der Waals surface area contributed by atoms with E-state index in [9.17, 15) is 8.78 Å². The van der Waals surface area contributed by atoms with Gasteiger partial charge in [0.25, 0.3) is 5.92 Å². The Bertz CT molecular complexity index is 1990.